The summed E-state index contributed by atoms with van der Waals surface area (Å²) in [4.78, 5) is 12.3. The molecule has 1 amide bonds. The highest BCUT2D eigenvalue weighted by Crippen LogP contribution is 2.27. The second-order valence-electron chi connectivity index (χ2n) is 6.59. The maximum absolute atomic E-state index is 12.3. The summed E-state index contributed by atoms with van der Waals surface area (Å²) < 4.78 is 0. The van der Waals surface area contributed by atoms with E-state index in [1.165, 1.54) is 24.8 Å². The van der Waals surface area contributed by atoms with Crippen LogP contribution in [0.15, 0.2) is 66.7 Å². The molecule has 3 rings (SSSR count). The maximum atomic E-state index is 12.3. The van der Waals surface area contributed by atoms with Gasteiger partial charge in [0.25, 0.3) is 0 Å². The number of hydrogen-bond acceptors (Lipinski definition) is 1. The number of rotatable bonds is 5. The molecule has 2 unspecified atom stereocenters. The Kier molecular flexibility index (Phi) is 5.84. The topological polar surface area (TPSA) is 29.1 Å². The lowest BCUT2D eigenvalue weighted by Crippen LogP contribution is -2.42. The van der Waals surface area contributed by atoms with Crippen molar-refractivity contribution in [3.63, 3.8) is 0 Å². The van der Waals surface area contributed by atoms with Crippen LogP contribution in [-0.4, -0.2) is 11.9 Å². The van der Waals surface area contributed by atoms with E-state index in [-0.39, 0.29) is 11.9 Å². The average Bonchev–Trinajstić information content (AvgIpc) is 2.63. The molecule has 2 atom stereocenters. The van der Waals surface area contributed by atoms with E-state index >= 15 is 0 Å². The Morgan fingerprint density at radius 1 is 0.958 bits per heavy atom. The second-order valence-corrected chi connectivity index (χ2v) is 6.59. The third-order valence-electron chi connectivity index (χ3n) is 4.80. The van der Waals surface area contributed by atoms with Gasteiger partial charge < -0.3 is 5.32 Å². The molecule has 0 radical (unpaired) electrons. The predicted octanol–water partition coefficient (Wildman–Crippen LogP) is 4.62. The third kappa shape index (κ3) is 4.82. The fraction of sp³-hybridized carbons (Fsp3) is 0.318. The van der Waals surface area contributed by atoms with Crippen molar-refractivity contribution < 1.29 is 4.79 Å². The van der Waals surface area contributed by atoms with Crippen molar-refractivity contribution in [2.24, 2.45) is 5.92 Å². The highest BCUT2D eigenvalue weighted by Gasteiger charge is 2.26. The molecule has 124 valence electrons. The zero-order chi connectivity index (χ0) is 16.6. The molecule has 1 saturated carbocycles. The second kappa shape index (κ2) is 8.49. The molecule has 1 aliphatic rings. The maximum Gasteiger partial charge on any atom is 0.244 e. The molecule has 0 bridgehead atoms. The van der Waals surface area contributed by atoms with E-state index in [1.54, 1.807) is 6.08 Å². The van der Waals surface area contributed by atoms with Gasteiger partial charge in [0.1, 0.15) is 0 Å². The van der Waals surface area contributed by atoms with Gasteiger partial charge in [0.2, 0.25) is 5.91 Å². The van der Waals surface area contributed by atoms with E-state index in [1.807, 2.05) is 36.4 Å². The normalized spacial score (nSPS) is 20.8. The number of carbonyl (C=O) groups is 1. The lowest BCUT2D eigenvalue weighted by molar-refractivity contribution is -0.117. The van der Waals surface area contributed by atoms with Gasteiger partial charge in [-0.15, -0.1) is 0 Å². The highest BCUT2D eigenvalue weighted by molar-refractivity contribution is 5.91. The molecule has 2 aromatic carbocycles. The van der Waals surface area contributed by atoms with Crippen LogP contribution in [0, 0.1) is 5.92 Å². The molecule has 0 heterocycles. The van der Waals surface area contributed by atoms with E-state index in [0.29, 0.717) is 5.92 Å². The summed E-state index contributed by atoms with van der Waals surface area (Å²) >= 11 is 0. The van der Waals surface area contributed by atoms with Crippen molar-refractivity contribution in [1.82, 2.24) is 5.32 Å². The minimum atomic E-state index is 0.0174. The minimum absolute atomic E-state index is 0.0174. The summed E-state index contributed by atoms with van der Waals surface area (Å²) in [6.45, 7) is 0. The van der Waals surface area contributed by atoms with Gasteiger partial charge in [-0.05, 0) is 42.4 Å². The van der Waals surface area contributed by atoms with Gasteiger partial charge in [0.05, 0.1) is 0 Å². The van der Waals surface area contributed by atoms with Gasteiger partial charge >= 0.3 is 0 Å². The summed E-state index contributed by atoms with van der Waals surface area (Å²) in [5, 5.41) is 3.23. The fourth-order valence-electron chi connectivity index (χ4n) is 3.53. The van der Waals surface area contributed by atoms with Crippen LogP contribution in [-0.2, 0) is 11.2 Å². The first-order valence-corrected chi connectivity index (χ1v) is 8.89. The van der Waals surface area contributed by atoms with Crippen LogP contribution in [0.25, 0.3) is 6.08 Å². The molecular formula is C22H25NO. The molecule has 24 heavy (non-hydrogen) atoms. The first-order valence-electron chi connectivity index (χ1n) is 8.89. The zero-order valence-electron chi connectivity index (χ0n) is 14.0. The molecule has 2 heteroatoms. The van der Waals surface area contributed by atoms with Gasteiger partial charge in [-0.25, -0.2) is 0 Å². The van der Waals surface area contributed by atoms with Crippen LogP contribution in [0.1, 0.15) is 36.8 Å². The van der Waals surface area contributed by atoms with Crippen molar-refractivity contribution >= 4 is 12.0 Å². The highest BCUT2D eigenvalue weighted by atomic mass is 16.1. The van der Waals surface area contributed by atoms with Crippen LogP contribution in [0.5, 0.6) is 0 Å². The van der Waals surface area contributed by atoms with Crippen molar-refractivity contribution in [2.75, 3.05) is 0 Å². The van der Waals surface area contributed by atoms with Gasteiger partial charge in [0, 0.05) is 12.1 Å². The average molecular weight is 319 g/mol. The van der Waals surface area contributed by atoms with Gasteiger partial charge in [-0.1, -0.05) is 73.5 Å². The predicted molar refractivity (Wildman–Crippen MR) is 99.5 cm³/mol. The monoisotopic (exact) mass is 319 g/mol. The Morgan fingerprint density at radius 2 is 1.62 bits per heavy atom. The smallest absolute Gasteiger partial charge is 0.244 e. The lowest BCUT2D eigenvalue weighted by atomic mass is 9.80. The lowest BCUT2D eigenvalue weighted by Gasteiger charge is -2.32. The van der Waals surface area contributed by atoms with E-state index < -0.39 is 0 Å². The van der Waals surface area contributed by atoms with Crippen molar-refractivity contribution in [1.29, 1.82) is 0 Å². The Hall–Kier alpha value is -2.35. The fourth-order valence-corrected chi connectivity index (χ4v) is 3.53. The third-order valence-corrected chi connectivity index (χ3v) is 4.80. The van der Waals surface area contributed by atoms with Crippen LogP contribution in [0.2, 0.25) is 0 Å². The van der Waals surface area contributed by atoms with Crippen LogP contribution in [0.3, 0.4) is 0 Å². The number of amides is 1. The van der Waals surface area contributed by atoms with E-state index in [2.05, 4.69) is 35.6 Å². The molecule has 0 spiro atoms. The van der Waals surface area contributed by atoms with Crippen molar-refractivity contribution in [3.05, 3.63) is 77.9 Å². The molecular weight excluding hydrogens is 294 g/mol. The largest absolute Gasteiger partial charge is 0.350 e. The van der Waals surface area contributed by atoms with Gasteiger partial charge in [-0.2, -0.15) is 0 Å². The Bertz CT molecular complexity index is 663. The molecule has 2 nitrogen and oxygen atoms in total. The summed E-state index contributed by atoms with van der Waals surface area (Å²) in [5.41, 5.74) is 2.42. The molecule has 1 fully saturated rings. The van der Waals surface area contributed by atoms with Crippen molar-refractivity contribution in [2.45, 2.75) is 38.1 Å². The molecule has 0 saturated heterocycles. The summed E-state index contributed by atoms with van der Waals surface area (Å²) in [7, 11) is 0. The van der Waals surface area contributed by atoms with Crippen LogP contribution >= 0.6 is 0 Å². The van der Waals surface area contributed by atoms with Gasteiger partial charge in [-0.3, -0.25) is 4.79 Å². The Morgan fingerprint density at radius 3 is 2.38 bits per heavy atom. The molecule has 0 aromatic heterocycles. The number of benzene rings is 2. The number of nitrogens with one attached hydrogen (secondary N) is 1. The standard InChI is InChI=1S/C22H25NO/c24-22(16-15-18-9-3-1-4-10-18)23-21-14-8-7-13-20(21)17-19-11-5-2-6-12-19/h1-6,9-12,15-16,20-21H,7-8,13-14,17H2,(H,23,24)/b16-15+. The quantitative estimate of drug-likeness (QED) is 0.801. The Labute approximate surface area is 144 Å². The number of carbonyl (C=O) groups excluding carboxylic acids is 1. The van der Waals surface area contributed by atoms with Gasteiger partial charge in [0.15, 0.2) is 0 Å². The molecule has 2 aromatic rings. The minimum Gasteiger partial charge on any atom is -0.350 e. The summed E-state index contributed by atoms with van der Waals surface area (Å²) in [6.07, 6.45) is 9.34. The first-order chi connectivity index (χ1) is 11.8. The zero-order valence-corrected chi connectivity index (χ0v) is 14.0. The summed E-state index contributed by atoms with van der Waals surface area (Å²) in [5.74, 6) is 0.555. The van der Waals surface area contributed by atoms with E-state index in [9.17, 15) is 4.79 Å². The van der Waals surface area contributed by atoms with E-state index in [0.717, 1.165) is 18.4 Å². The SMILES string of the molecule is O=C(/C=C/c1ccccc1)NC1CCCCC1Cc1ccccc1. The number of hydrogen-bond donors (Lipinski definition) is 1. The molecule has 1 N–H and O–H groups in total. The molecule has 1 aliphatic carbocycles. The van der Waals surface area contributed by atoms with Crippen LogP contribution < -0.4 is 5.32 Å². The van der Waals surface area contributed by atoms with Crippen molar-refractivity contribution in [3.8, 4) is 0 Å². The van der Waals surface area contributed by atoms with Crippen LogP contribution in [0.4, 0.5) is 0 Å². The Balaban J connectivity index is 1.59. The molecule has 0 aliphatic heterocycles. The first kappa shape index (κ1) is 16.5. The van der Waals surface area contributed by atoms with E-state index in [4.69, 9.17) is 0 Å². The summed E-state index contributed by atoms with van der Waals surface area (Å²) in [6, 6.07) is 20.8.